The monoisotopic (exact) mass is 266 g/mol. The molecule has 0 fully saturated rings. The van der Waals surface area contributed by atoms with Crippen LogP contribution in [0.15, 0.2) is 42.7 Å². The molecule has 102 valence electrons. The first-order valence-electron chi connectivity index (χ1n) is 6.83. The first-order chi connectivity index (χ1) is 8.65. The fourth-order valence-electron chi connectivity index (χ4n) is 2.01. The van der Waals surface area contributed by atoms with Crippen molar-refractivity contribution in [1.29, 1.82) is 0 Å². The average Bonchev–Trinajstić information content (AvgIpc) is 2.44. The van der Waals surface area contributed by atoms with Crippen molar-refractivity contribution in [3.8, 4) is 0 Å². The summed E-state index contributed by atoms with van der Waals surface area (Å²) in [6.45, 7) is 10.8. The Morgan fingerprint density at radius 2 is 1.61 bits per heavy atom. The van der Waals surface area contributed by atoms with E-state index in [2.05, 4.69) is 57.7 Å². The van der Waals surface area contributed by atoms with Crippen molar-refractivity contribution < 1.29 is 4.18 Å². The van der Waals surface area contributed by atoms with Gasteiger partial charge in [-0.1, -0.05) is 68.0 Å². The Bertz CT molecular complexity index is 346. The molecule has 0 spiro atoms. The zero-order valence-electron chi connectivity index (χ0n) is 11.9. The van der Waals surface area contributed by atoms with E-state index >= 15 is 0 Å². The van der Waals surface area contributed by atoms with Gasteiger partial charge in [-0.3, -0.25) is 0 Å². The van der Waals surface area contributed by atoms with Crippen molar-refractivity contribution in [2.24, 2.45) is 0 Å². The van der Waals surface area contributed by atoms with Crippen LogP contribution in [0, 0.1) is 0 Å². The van der Waals surface area contributed by atoms with E-state index in [0.29, 0.717) is 0 Å². The largest absolute Gasteiger partial charge is 0.454 e. The van der Waals surface area contributed by atoms with E-state index in [1.165, 1.54) is 5.56 Å². The number of hydrogen-bond donors (Lipinski definition) is 0. The van der Waals surface area contributed by atoms with Gasteiger partial charge in [0.1, 0.15) is 5.76 Å². The van der Waals surface area contributed by atoms with Crippen LogP contribution in [0.1, 0.15) is 32.8 Å². The maximum Gasteiger partial charge on any atom is 0.105 e. The number of hydrogen-bond acceptors (Lipinski definition) is 1. The van der Waals surface area contributed by atoms with Crippen molar-refractivity contribution in [2.75, 3.05) is 17.3 Å². The van der Waals surface area contributed by atoms with Gasteiger partial charge < -0.3 is 4.18 Å². The van der Waals surface area contributed by atoms with Gasteiger partial charge in [0.2, 0.25) is 0 Å². The van der Waals surface area contributed by atoms with E-state index in [-0.39, 0.29) is 0 Å². The van der Waals surface area contributed by atoms with Crippen LogP contribution in [0.5, 0.6) is 0 Å². The van der Waals surface area contributed by atoms with Gasteiger partial charge in [-0.25, -0.2) is 0 Å². The highest BCUT2D eigenvalue weighted by molar-refractivity contribution is 8.29. The maximum absolute atomic E-state index is 6.20. The maximum atomic E-state index is 6.20. The minimum atomic E-state index is -0.913. The van der Waals surface area contributed by atoms with Gasteiger partial charge in [0, 0.05) is 23.7 Å². The highest BCUT2D eigenvalue weighted by Gasteiger charge is 2.19. The zero-order chi connectivity index (χ0) is 13.4. The van der Waals surface area contributed by atoms with Crippen LogP contribution in [-0.4, -0.2) is 17.3 Å². The third kappa shape index (κ3) is 4.41. The summed E-state index contributed by atoms with van der Waals surface area (Å²) >= 11 is 0. The molecule has 0 heterocycles. The third-order valence-corrected chi connectivity index (χ3v) is 7.15. The first kappa shape index (κ1) is 15.2. The summed E-state index contributed by atoms with van der Waals surface area (Å²) in [5, 5.41) is 0. The predicted molar refractivity (Wildman–Crippen MR) is 84.2 cm³/mol. The Morgan fingerprint density at radius 1 is 1.06 bits per heavy atom. The molecule has 18 heavy (non-hydrogen) atoms. The number of aryl methyl sites for hydroxylation is 1. The van der Waals surface area contributed by atoms with Crippen LogP contribution < -0.4 is 0 Å². The van der Waals surface area contributed by atoms with Crippen molar-refractivity contribution in [1.82, 2.24) is 0 Å². The minimum absolute atomic E-state index is 0.913. The second kappa shape index (κ2) is 7.52. The molecule has 1 nitrogen and oxygen atoms in total. The van der Waals surface area contributed by atoms with E-state index in [1.54, 1.807) is 0 Å². The lowest BCUT2D eigenvalue weighted by molar-refractivity contribution is 0.451. The molecule has 0 unspecified atom stereocenters. The molecule has 0 saturated heterocycles. The van der Waals surface area contributed by atoms with E-state index in [0.717, 1.165) is 35.9 Å². The Balaban J connectivity index is 2.46. The number of benzene rings is 1. The van der Waals surface area contributed by atoms with Gasteiger partial charge in [0.05, 0.1) is 0 Å². The molecule has 0 radical (unpaired) electrons. The molecule has 0 aliphatic rings. The highest BCUT2D eigenvalue weighted by Crippen LogP contribution is 2.50. The summed E-state index contributed by atoms with van der Waals surface area (Å²) in [4.78, 5) is 0. The van der Waals surface area contributed by atoms with Crippen LogP contribution in [0.2, 0.25) is 0 Å². The molecule has 0 aromatic heterocycles. The highest BCUT2D eigenvalue weighted by atomic mass is 32.3. The summed E-state index contributed by atoms with van der Waals surface area (Å²) in [6, 6.07) is 10.5. The van der Waals surface area contributed by atoms with Crippen LogP contribution in [0.3, 0.4) is 0 Å². The molecular weight excluding hydrogens is 240 g/mol. The summed E-state index contributed by atoms with van der Waals surface area (Å²) < 4.78 is 6.20. The lowest BCUT2D eigenvalue weighted by atomic mass is 10.1. The minimum Gasteiger partial charge on any atom is -0.454 e. The number of allylic oxidation sites excluding steroid dienone is 1. The molecule has 0 bridgehead atoms. The predicted octanol–water partition coefficient (Wildman–Crippen LogP) is 4.93. The van der Waals surface area contributed by atoms with Gasteiger partial charge in [0.25, 0.3) is 0 Å². The molecular formula is C16H26OS. The van der Waals surface area contributed by atoms with Crippen LogP contribution in [-0.2, 0) is 10.6 Å². The lowest BCUT2D eigenvalue weighted by Crippen LogP contribution is -2.12. The zero-order valence-corrected chi connectivity index (χ0v) is 12.8. The molecule has 1 rings (SSSR count). The normalized spacial score (nSPS) is 12.2. The van der Waals surface area contributed by atoms with Crippen molar-refractivity contribution in [2.45, 2.75) is 33.6 Å². The van der Waals surface area contributed by atoms with E-state index in [4.69, 9.17) is 4.18 Å². The fourth-order valence-corrected chi connectivity index (χ4v) is 4.17. The first-order valence-corrected chi connectivity index (χ1v) is 8.89. The van der Waals surface area contributed by atoms with E-state index in [1.807, 2.05) is 0 Å². The average molecular weight is 266 g/mol. The molecule has 2 heteroatoms. The Hall–Kier alpha value is -0.890. The summed E-state index contributed by atoms with van der Waals surface area (Å²) in [5.41, 5.74) is 1.35. The molecule has 0 saturated carbocycles. The Kier molecular flexibility index (Phi) is 6.34. The van der Waals surface area contributed by atoms with Gasteiger partial charge in [-0.15, -0.1) is 0 Å². The van der Waals surface area contributed by atoms with E-state index in [9.17, 15) is 0 Å². The molecule has 0 aliphatic carbocycles. The quantitative estimate of drug-likeness (QED) is 0.606. The van der Waals surface area contributed by atoms with Gasteiger partial charge in [0.15, 0.2) is 0 Å². The Morgan fingerprint density at radius 3 is 2.11 bits per heavy atom. The van der Waals surface area contributed by atoms with Crippen LogP contribution >= 0.6 is 10.3 Å². The molecule has 1 aromatic rings. The third-order valence-electron chi connectivity index (χ3n) is 3.41. The Labute approximate surface area is 114 Å². The van der Waals surface area contributed by atoms with Crippen LogP contribution in [0.25, 0.3) is 0 Å². The van der Waals surface area contributed by atoms with Crippen LogP contribution in [0.4, 0.5) is 0 Å². The smallest absolute Gasteiger partial charge is 0.105 e. The molecule has 0 atom stereocenters. The fraction of sp³-hybridized carbons (Fsp3) is 0.500. The van der Waals surface area contributed by atoms with E-state index < -0.39 is 10.3 Å². The van der Waals surface area contributed by atoms with Crippen molar-refractivity contribution in [3.05, 3.63) is 48.2 Å². The SMILES string of the molecule is C=C(CCc1ccccc1)OS(CC)(CC)CC. The van der Waals surface area contributed by atoms with Gasteiger partial charge in [-0.2, -0.15) is 0 Å². The molecule has 0 N–H and O–H groups in total. The summed E-state index contributed by atoms with van der Waals surface area (Å²) in [6.07, 6.45) is 1.95. The standard InChI is InChI=1S/C16H26OS/c1-5-18(6-2,7-3)17-15(4)13-14-16-11-9-8-10-12-16/h8-12H,4-7,13-14H2,1-3H3. The van der Waals surface area contributed by atoms with Gasteiger partial charge in [-0.05, 0) is 12.0 Å². The summed E-state index contributed by atoms with van der Waals surface area (Å²) in [5.74, 6) is 4.35. The lowest BCUT2D eigenvalue weighted by Gasteiger charge is -2.38. The number of rotatable bonds is 8. The molecule has 0 aliphatic heterocycles. The summed E-state index contributed by atoms with van der Waals surface area (Å²) in [7, 11) is -0.913. The van der Waals surface area contributed by atoms with Crippen molar-refractivity contribution >= 4 is 10.3 Å². The second-order valence-electron chi connectivity index (χ2n) is 4.44. The molecule has 0 amide bonds. The molecule has 1 aromatic carbocycles. The van der Waals surface area contributed by atoms with Gasteiger partial charge >= 0.3 is 0 Å². The second-order valence-corrected chi connectivity index (χ2v) is 8.27. The topological polar surface area (TPSA) is 9.23 Å². The van der Waals surface area contributed by atoms with Crippen molar-refractivity contribution in [3.63, 3.8) is 0 Å².